The van der Waals surface area contributed by atoms with Gasteiger partial charge in [-0.1, -0.05) is 0 Å². The van der Waals surface area contributed by atoms with Crippen LogP contribution in [0.15, 0.2) is 17.5 Å². The maximum Gasteiger partial charge on any atom is 0.0563 e. The Bertz CT molecular complexity index is 440. The molecule has 0 saturated carbocycles. The number of hydrogen-bond acceptors (Lipinski definition) is 2. The zero-order valence-electron chi connectivity index (χ0n) is 8.42. The van der Waals surface area contributed by atoms with Crippen molar-refractivity contribution in [1.82, 2.24) is 4.98 Å². The molecule has 2 heterocycles. The summed E-state index contributed by atoms with van der Waals surface area (Å²) in [5.74, 6) is 0. The zero-order valence-corrected chi connectivity index (χ0v) is 9.24. The van der Waals surface area contributed by atoms with Crippen LogP contribution in [0.3, 0.4) is 0 Å². The van der Waals surface area contributed by atoms with Gasteiger partial charge in [0.1, 0.15) is 0 Å². The molecule has 0 fully saturated rings. The zero-order chi connectivity index (χ0) is 10.1. The van der Waals surface area contributed by atoms with Crippen LogP contribution in [0.1, 0.15) is 16.8 Å². The van der Waals surface area contributed by atoms with Gasteiger partial charge in [-0.25, -0.2) is 0 Å². The first-order chi connectivity index (χ1) is 6.72. The van der Waals surface area contributed by atoms with Gasteiger partial charge in [-0.3, -0.25) is 0 Å². The Balaban J connectivity index is 2.47. The van der Waals surface area contributed by atoms with Crippen LogP contribution in [0.4, 0.5) is 0 Å². The Morgan fingerprint density at radius 3 is 2.71 bits per heavy atom. The van der Waals surface area contributed by atoms with Crippen LogP contribution >= 0.6 is 11.3 Å². The summed E-state index contributed by atoms with van der Waals surface area (Å²) in [4.78, 5) is 4.68. The summed E-state index contributed by atoms with van der Waals surface area (Å²) >= 11 is 1.76. The van der Waals surface area contributed by atoms with Crippen molar-refractivity contribution in [2.24, 2.45) is 5.73 Å². The van der Waals surface area contributed by atoms with Crippen molar-refractivity contribution >= 4 is 11.3 Å². The monoisotopic (exact) mass is 206 g/mol. The number of nitrogens with one attached hydrogen (secondary N) is 1. The fourth-order valence-electron chi connectivity index (χ4n) is 1.58. The van der Waals surface area contributed by atoms with E-state index in [1.54, 1.807) is 11.3 Å². The van der Waals surface area contributed by atoms with E-state index in [2.05, 4.69) is 36.3 Å². The molecule has 2 aromatic heterocycles. The van der Waals surface area contributed by atoms with E-state index in [0.717, 1.165) is 0 Å². The van der Waals surface area contributed by atoms with Gasteiger partial charge < -0.3 is 10.7 Å². The molecule has 0 atom stereocenters. The quantitative estimate of drug-likeness (QED) is 0.779. The van der Waals surface area contributed by atoms with E-state index in [0.29, 0.717) is 6.54 Å². The molecule has 0 amide bonds. The van der Waals surface area contributed by atoms with Crippen LogP contribution in [0.5, 0.6) is 0 Å². The van der Waals surface area contributed by atoms with Crippen molar-refractivity contribution in [2.75, 3.05) is 0 Å². The number of hydrogen-bond donors (Lipinski definition) is 2. The molecule has 14 heavy (non-hydrogen) atoms. The first kappa shape index (κ1) is 9.49. The number of nitrogens with two attached hydrogens (primary N) is 1. The van der Waals surface area contributed by atoms with Gasteiger partial charge >= 0.3 is 0 Å². The van der Waals surface area contributed by atoms with E-state index in [-0.39, 0.29) is 0 Å². The molecule has 0 aliphatic heterocycles. The highest BCUT2D eigenvalue weighted by molar-refractivity contribution is 7.13. The van der Waals surface area contributed by atoms with Gasteiger partial charge in [0.25, 0.3) is 0 Å². The predicted octanol–water partition coefficient (Wildman–Crippen LogP) is 2.82. The molecule has 0 aliphatic carbocycles. The van der Waals surface area contributed by atoms with Gasteiger partial charge in [-0.2, -0.15) is 0 Å². The van der Waals surface area contributed by atoms with Crippen LogP contribution in [0.2, 0.25) is 0 Å². The van der Waals surface area contributed by atoms with Crippen LogP contribution in [-0.2, 0) is 6.54 Å². The van der Waals surface area contributed by atoms with Crippen LogP contribution in [0.25, 0.3) is 10.6 Å². The molecule has 74 valence electrons. The van der Waals surface area contributed by atoms with E-state index < -0.39 is 0 Å². The Kier molecular flexibility index (Phi) is 2.44. The number of H-pyrrole nitrogens is 1. The second-order valence-corrected chi connectivity index (χ2v) is 4.39. The molecule has 0 aromatic carbocycles. The molecule has 0 unspecified atom stereocenters. The van der Waals surface area contributed by atoms with E-state index in [1.807, 2.05) is 0 Å². The lowest BCUT2D eigenvalue weighted by molar-refractivity contribution is 1.04. The van der Waals surface area contributed by atoms with Gasteiger partial charge in [0.2, 0.25) is 0 Å². The average Bonchev–Trinajstić information content (AvgIpc) is 2.71. The molecule has 2 nitrogen and oxygen atoms in total. The molecular weight excluding hydrogens is 192 g/mol. The second-order valence-electron chi connectivity index (χ2n) is 3.47. The fourth-order valence-corrected chi connectivity index (χ4v) is 2.48. The SMILES string of the molecule is Cc1ccsc1-c1cc(CN)c(C)[nH]1. The molecule has 3 N–H and O–H groups in total. The summed E-state index contributed by atoms with van der Waals surface area (Å²) in [5.41, 5.74) is 10.5. The smallest absolute Gasteiger partial charge is 0.0563 e. The topological polar surface area (TPSA) is 41.8 Å². The van der Waals surface area contributed by atoms with E-state index in [9.17, 15) is 0 Å². The number of aryl methyl sites for hydroxylation is 2. The molecule has 0 saturated heterocycles. The largest absolute Gasteiger partial charge is 0.358 e. The molecule has 0 radical (unpaired) electrons. The molecule has 0 aliphatic rings. The summed E-state index contributed by atoms with van der Waals surface area (Å²) in [7, 11) is 0. The Hall–Kier alpha value is -1.06. The summed E-state index contributed by atoms with van der Waals surface area (Å²) in [6.07, 6.45) is 0. The number of aromatic nitrogens is 1. The summed E-state index contributed by atoms with van der Waals surface area (Å²) in [6.45, 7) is 4.80. The molecule has 0 spiro atoms. The third-order valence-electron chi connectivity index (χ3n) is 2.45. The maximum atomic E-state index is 5.64. The third kappa shape index (κ3) is 1.49. The first-order valence-electron chi connectivity index (χ1n) is 4.65. The minimum absolute atomic E-state index is 0.604. The van der Waals surface area contributed by atoms with Crippen molar-refractivity contribution in [3.63, 3.8) is 0 Å². The Morgan fingerprint density at radius 1 is 1.43 bits per heavy atom. The normalized spacial score (nSPS) is 10.8. The summed E-state index contributed by atoms with van der Waals surface area (Å²) in [6, 6.07) is 4.28. The van der Waals surface area contributed by atoms with E-state index >= 15 is 0 Å². The highest BCUT2D eigenvalue weighted by atomic mass is 32.1. The molecule has 3 heteroatoms. The number of thiophene rings is 1. The van der Waals surface area contributed by atoms with Crippen molar-refractivity contribution in [3.8, 4) is 10.6 Å². The maximum absolute atomic E-state index is 5.64. The van der Waals surface area contributed by atoms with Gasteiger partial charge in [-0.15, -0.1) is 11.3 Å². The fraction of sp³-hybridized carbons (Fsp3) is 0.273. The standard InChI is InChI=1S/C11H14N2S/c1-7-3-4-14-11(7)10-5-9(6-12)8(2)13-10/h3-5,13H,6,12H2,1-2H3. The lowest BCUT2D eigenvalue weighted by Gasteiger charge is -1.93. The van der Waals surface area contributed by atoms with E-state index in [1.165, 1.54) is 27.4 Å². The van der Waals surface area contributed by atoms with Gasteiger partial charge in [0.15, 0.2) is 0 Å². The van der Waals surface area contributed by atoms with Crippen molar-refractivity contribution in [3.05, 3.63) is 34.3 Å². The van der Waals surface area contributed by atoms with Crippen molar-refractivity contribution < 1.29 is 0 Å². The van der Waals surface area contributed by atoms with Gasteiger partial charge in [-0.05, 0) is 42.5 Å². The molecule has 0 bridgehead atoms. The average molecular weight is 206 g/mol. The minimum atomic E-state index is 0.604. The van der Waals surface area contributed by atoms with E-state index in [4.69, 9.17) is 5.73 Å². The van der Waals surface area contributed by atoms with Gasteiger partial charge in [0, 0.05) is 12.2 Å². The Morgan fingerprint density at radius 2 is 2.21 bits per heavy atom. The van der Waals surface area contributed by atoms with Gasteiger partial charge in [0.05, 0.1) is 10.6 Å². The van der Waals surface area contributed by atoms with Crippen LogP contribution in [0, 0.1) is 13.8 Å². The third-order valence-corrected chi connectivity index (χ3v) is 3.50. The molecular formula is C11H14N2S. The van der Waals surface area contributed by atoms with Crippen LogP contribution < -0.4 is 5.73 Å². The lowest BCUT2D eigenvalue weighted by atomic mass is 10.2. The van der Waals surface area contributed by atoms with Crippen molar-refractivity contribution in [1.29, 1.82) is 0 Å². The number of aromatic amines is 1. The molecule has 2 aromatic rings. The summed E-state index contributed by atoms with van der Waals surface area (Å²) in [5, 5.41) is 2.11. The number of rotatable bonds is 2. The highest BCUT2D eigenvalue weighted by Gasteiger charge is 2.08. The molecule has 2 rings (SSSR count). The summed E-state index contributed by atoms with van der Waals surface area (Å²) < 4.78 is 0. The highest BCUT2D eigenvalue weighted by Crippen LogP contribution is 2.29. The predicted molar refractivity (Wildman–Crippen MR) is 61.5 cm³/mol. The van der Waals surface area contributed by atoms with Crippen LogP contribution in [-0.4, -0.2) is 4.98 Å². The lowest BCUT2D eigenvalue weighted by Crippen LogP contribution is -1.95. The second kappa shape index (κ2) is 3.59. The minimum Gasteiger partial charge on any atom is -0.358 e. The van der Waals surface area contributed by atoms with Crippen molar-refractivity contribution in [2.45, 2.75) is 20.4 Å². The Labute approximate surface area is 87.8 Å². The first-order valence-corrected chi connectivity index (χ1v) is 5.53.